The average molecular weight is 189 g/mol. The highest BCUT2D eigenvalue weighted by atomic mass is 15.3. The fourth-order valence-corrected chi connectivity index (χ4v) is 1.27. The summed E-state index contributed by atoms with van der Waals surface area (Å²) in [5.41, 5.74) is 6.97. The van der Waals surface area contributed by atoms with Crippen molar-refractivity contribution in [3.05, 3.63) is 24.2 Å². The summed E-state index contributed by atoms with van der Waals surface area (Å²) in [5, 5.41) is 4.14. The highest BCUT2D eigenvalue weighted by Gasteiger charge is 2.07. The number of aryl methyl sites for hydroxylation is 2. The van der Waals surface area contributed by atoms with Crippen LogP contribution < -0.4 is 5.73 Å². The van der Waals surface area contributed by atoms with E-state index in [4.69, 9.17) is 5.73 Å². The van der Waals surface area contributed by atoms with Crippen LogP contribution in [0.3, 0.4) is 0 Å². The van der Waals surface area contributed by atoms with Gasteiger partial charge in [0, 0.05) is 7.05 Å². The molecule has 2 rings (SSSR count). The summed E-state index contributed by atoms with van der Waals surface area (Å²) in [6.45, 7) is 1.85. The quantitative estimate of drug-likeness (QED) is 0.719. The molecule has 0 amide bonds. The summed E-state index contributed by atoms with van der Waals surface area (Å²) >= 11 is 0. The topological polar surface area (TPSA) is 69.6 Å². The first-order chi connectivity index (χ1) is 6.66. The first-order valence-corrected chi connectivity index (χ1v) is 4.26. The minimum atomic E-state index is 0.646. The van der Waals surface area contributed by atoms with Crippen molar-refractivity contribution in [3.63, 3.8) is 0 Å². The molecule has 0 aromatic carbocycles. The van der Waals surface area contributed by atoms with E-state index in [1.165, 1.54) is 0 Å². The van der Waals surface area contributed by atoms with E-state index >= 15 is 0 Å². The Labute approximate surface area is 81.6 Å². The highest BCUT2D eigenvalue weighted by Crippen LogP contribution is 2.14. The lowest BCUT2D eigenvalue weighted by Gasteiger charge is -1.98. The molecule has 0 aliphatic rings. The third-order valence-electron chi connectivity index (χ3n) is 1.88. The molecule has 0 atom stereocenters. The van der Waals surface area contributed by atoms with Gasteiger partial charge in [0.2, 0.25) is 0 Å². The predicted octanol–water partition coefficient (Wildman–Crippen LogP) is 0.768. The standard InChI is InChI=1S/C9H11N5/c1-6-12-9(14(2)13-6)8-4-3-7(10)5-11-8/h3-5H,10H2,1-2H3. The van der Waals surface area contributed by atoms with Crippen molar-refractivity contribution in [3.8, 4) is 11.5 Å². The fraction of sp³-hybridized carbons (Fsp3) is 0.222. The predicted molar refractivity (Wildman–Crippen MR) is 53.4 cm³/mol. The van der Waals surface area contributed by atoms with E-state index in [0.717, 1.165) is 17.3 Å². The molecule has 0 bridgehead atoms. The van der Waals surface area contributed by atoms with E-state index in [1.807, 2.05) is 20.0 Å². The minimum absolute atomic E-state index is 0.646. The number of hydrogen-bond donors (Lipinski definition) is 1. The van der Waals surface area contributed by atoms with Crippen LogP contribution in [0, 0.1) is 6.92 Å². The molecule has 2 aromatic rings. The largest absolute Gasteiger partial charge is 0.397 e. The zero-order chi connectivity index (χ0) is 10.1. The van der Waals surface area contributed by atoms with Crippen LogP contribution in [0.1, 0.15) is 5.82 Å². The molecular weight excluding hydrogens is 178 g/mol. The average Bonchev–Trinajstić information content (AvgIpc) is 2.47. The minimum Gasteiger partial charge on any atom is -0.397 e. The van der Waals surface area contributed by atoms with Crippen molar-refractivity contribution in [2.45, 2.75) is 6.92 Å². The lowest BCUT2D eigenvalue weighted by Crippen LogP contribution is -1.96. The van der Waals surface area contributed by atoms with Crippen LogP contribution in [0.15, 0.2) is 18.3 Å². The third-order valence-corrected chi connectivity index (χ3v) is 1.88. The van der Waals surface area contributed by atoms with Crippen molar-refractivity contribution >= 4 is 5.69 Å². The van der Waals surface area contributed by atoms with Gasteiger partial charge in [0.1, 0.15) is 11.5 Å². The lowest BCUT2D eigenvalue weighted by atomic mass is 10.3. The Bertz CT molecular complexity index is 443. The van der Waals surface area contributed by atoms with Gasteiger partial charge in [0.25, 0.3) is 0 Å². The molecule has 0 unspecified atom stereocenters. The molecule has 72 valence electrons. The van der Waals surface area contributed by atoms with Gasteiger partial charge >= 0.3 is 0 Å². The van der Waals surface area contributed by atoms with E-state index in [9.17, 15) is 0 Å². The summed E-state index contributed by atoms with van der Waals surface area (Å²) < 4.78 is 1.70. The number of rotatable bonds is 1. The van der Waals surface area contributed by atoms with Crippen LogP contribution in [0.4, 0.5) is 5.69 Å². The van der Waals surface area contributed by atoms with Crippen LogP contribution in [0.2, 0.25) is 0 Å². The van der Waals surface area contributed by atoms with E-state index in [1.54, 1.807) is 16.9 Å². The van der Waals surface area contributed by atoms with Crippen LogP contribution in [0.25, 0.3) is 11.5 Å². The first-order valence-electron chi connectivity index (χ1n) is 4.26. The van der Waals surface area contributed by atoms with E-state index in [-0.39, 0.29) is 0 Å². The van der Waals surface area contributed by atoms with Crippen LogP contribution in [-0.4, -0.2) is 19.7 Å². The second kappa shape index (κ2) is 3.10. The second-order valence-electron chi connectivity index (χ2n) is 3.08. The maximum atomic E-state index is 5.54. The van der Waals surface area contributed by atoms with Gasteiger partial charge < -0.3 is 5.73 Å². The normalized spacial score (nSPS) is 10.4. The molecular formula is C9H11N5. The molecule has 14 heavy (non-hydrogen) atoms. The number of nitrogen functional groups attached to an aromatic ring is 1. The lowest BCUT2D eigenvalue weighted by molar-refractivity contribution is 0.761. The summed E-state index contributed by atoms with van der Waals surface area (Å²) in [5.74, 6) is 1.49. The van der Waals surface area contributed by atoms with Crippen LogP contribution >= 0.6 is 0 Å². The molecule has 2 aromatic heterocycles. The number of anilines is 1. The molecule has 5 heteroatoms. The Kier molecular flexibility index (Phi) is 1.92. The molecule has 2 heterocycles. The van der Waals surface area contributed by atoms with Gasteiger partial charge in [-0.3, -0.25) is 4.98 Å². The SMILES string of the molecule is Cc1nc(-c2ccc(N)cn2)n(C)n1. The number of nitrogens with two attached hydrogens (primary N) is 1. The van der Waals surface area contributed by atoms with Gasteiger partial charge in [-0.15, -0.1) is 0 Å². The summed E-state index contributed by atoms with van der Waals surface area (Å²) in [6.07, 6.45) is 1.61. The van der Waals surface area contributed by atoms with Gasteiger partial charge in [-0.1, -0.05) is 0 Å². The van der Waals surface area contributed by atoms with Gasteiger partial charge in [-0.25, -0.2) is 9.67 Å². The molecule has 0 aliphatic carbocycles. The Balaban J connectivity index is 2.49. The van der Waals surface area contributed by atoms with Crippen molar-refractivity contribution < 1.29 is 0 Å². The third kappa shape index (κ3) is 1.44. The fourth-order valence-electron chi connectivity index (χ4n) is 1.27. The zero-order valence-electron chi connectivity index (χ0n) is 8.10. The summed E-state index contributed by atoms with van der Waals surface area (Å²) in [6, 6.07) is 3.63. The molecule has 0 aliphatic heterocycles. The number of hydrogen-bond acceptors (Lipinski definition) is 4. The van der Waals surface area contributed by atoms with Crippen LogP contribution in [-0.2, 0) is 7.05 Å². The summed E-state index contributed by atoms with van der Waals surface area (Å²) in [7, 11) is 1.84. The maximum Gasteiger partial charge on any atom is 0.176 e. The Morgan fingerprint density at radius 2 is 2.14 bits per heavy atom. The number of nitrogens with zero attached hydrogens (tertiary/aromatic N) is 4. The van der Waals surface area contributed by atoms with Crippen molar-refractivity contribution in [1.82, 2.24) is 19.7 Å². The van der Waals surface area contributed by atoms with Crippen molar-refractivity contribution in [1.29, 1.82) is 0 Å². The molecule has 2 N–H and O–H groups in total. The van der Waals surface area contributed by atoms with Crippen LogP contribution in [0.5, 0.6) is 0 Å². The number of pyridine rings is 1. The van der Waals surface area contributed by atoms with E-state index in [0.29, 0.717) is 5.69 Å². The smallest absolute Gasteiger partial charge is 0.176 e. The highest BCUT2D eigenvalue weighted by molar-refractivity contribution is 5.52. The molecule has 0 radical (unpaired) electrons. The first kappa shape index (κ1) is 8.68. The van der Waals surface area contributed by atoms with Gasteiger partial charge in [-0.05, 0) is 19.1 Å². The molecule has 0 saturated carbocycles. The Morgan fingerprint density at radius 3 is 2.64 bits per heavy atom. The maximum absolute atomic E-state index is 5.54. The second-order valence-corrected chi connectivity index (χ2v) is 3.08. The van der Waals surface area contributed by atoms with E-state index < -0.39 is 0 Å². The zero-order valence-corrected chi connectivity index (χ0v) is 8.10. The number of aromatic nitrogens is 4. The van der Waals surface area contributed by atoms with Crippen molar-refractivity contribution in [2.75, 3.05) is 5.73 Å². The molecule has 0 saturated heterocycles. The van der Waals surface area contributed by atoms with Gasteiger partial charge in [0.05, 0.1) is 11.9 Å². The Morgan fingerprint density at radius 1 is 1.36 bits per heavy atom. The molecule has 0 fully saturated rings. The monoisotopic (exact) mass is 189 g/mol. The van der Waals surface area contributed by atoms with Crippen molar-refractivity contribution in [2.24, 2.45) is 7.05 Å². The molecule has 0 spiro atoms. The molecule has 5 nitrogen and oxygen atoms in total. The summed E-state index contributed by atoms with van der Waals surface area (Å²) in [4.78, 5) is 8.43. The van der Waals surface area contributed by atoms with E-state index in [2.05, 4.69) is 15.1 Å². The van der Waals surface area contributed by atoms with Gasteiger partial charge in [0.15, 0.2) is 5.82 Å². The van der Waals surface area contributed by atoms with Gasteiger partial charge in [-0.2, -0.15) is 5.10 Å². The Hall–Kier alpha value is -1.91.